The van der Waals surface area contributed by atoms with Crippen molar-refractivity contribution in [2.75, 3.05) is 20.2 Å². The van der Waals surface area contributed by atoms with E-state index in [0.717, 1.165) is 18.2 Å². The number of benzene rings is 1. The molecule has 0 radical (unpaired) electrons. The van der Waals surface area contributed by atoms with E-state index in [9.17, 15) is 0 Å². The van der Waals surface area contributed by atoms with E-state index >= 15 is 0 Å². The average Bonchev–Trinajstić information content (AvgIpc) is 2.36. The summed E-state index contributed by atoms with van der Waals surface area (Å²) in [6.07, 6.45) is 4.19. The monoisotopic (exact) mass is 276 g/mol. The highest BCUT2D eigenvalue weighted by Gasteiger charge is 2.19. The summed E-state index contributed by atoms with van der Waals surface area (Å²) in [4.78, 5) is 2.41. The van der Waals surface area contributed by atoms with Gasteiger partial charge in [0.15, 0.2) is 0 Å². The Morgan fingerprint density at radius 2 is 2.15 bits per heavy atom. The largest absolute Gasteiger partial charge is 0.494 e. The number of ether oxygens (including phenoxy) is 1. The predicted molar refractivity (Wildman–Crippen MR) is 83.9 cm³/mol. The molecule has 112 valence electrons. The van der Waals surface area contributed by atoms with Crippen molar-refractivity contribution in [1.29, 1.82) is 0 Å². The smallest absolute Gasteiger partial charge is 0.123 e. The van der Waals surface area contributed by atoms with Crippen LogP contribution in [0.1, 0.15) is 50.3 Å². The van der Waals surface area contributed by atoms with E-state index in [4.69, 9.17) is 10.5 Å². The molecule has 3 nitrogen and oxygen atoms in total. The molecular weight excluding hydrogens is 248 g/mol. The van der Waals surface area contributed by atoms with Gasteiger partial charge in [-0.1, -0.05) is 12.5 Å². The lowest BCUT2D eigenvalue weighted by Crippen LogP contribution is -2.29. The first-order chi connectivity index (χ1) is 9.60. The summed E-state index contributed by atoms with van der Waals surface area (Å²) in [5, 5.41) is 0. The zero-order valence-electron chi connectivity index (χ0n) is 13.1. The minimum Gasteiger partial charge on any atom is -0.494 e. The van der Waals surface area contributed by atoms with Crippen molar-refractivity contribution in [2.24, 2.45) is 11.7 Å². The minimum atomic E-state index is 0.0707. The lowest BCUT2D eigenvalue weighted by atomic mass is 9.85. The van der Waals surface area contributed by atoms with Crippen molar-refractivity contribution < 1.29 is 4.74 Å². The molecule has 0 saturated heterocycles. The standard InChI is InChI=1S/C17H28N2O/c1-4-20-17-9-8-15(13(2)18)10-16(17)12-19(3)11-14-6-5-7-14/h8-10,13-14H,4-7,11-12,18H2,1-3H3. The molecule has 1 atom stereocenters. The van der Waals surface area contributed by atoms with E-state index in [1.54, 1.807) is 0 Å². The van der Waals surface area contributed by atoms with Gasteiger partial charge in [0.1, 0.15) is 5.75 Å². The summed E-state index contributed by atoms with van der Waals surface area (Å²) in [5.74, 6) is 1.89. The molecule has 0 aliphatic heterocycles. The van der Waals surface area contributed by atoms with Gasteiger partial charge in [-0.05, 0) is 57.4 Å². The quantitative estimate of drug-likeness (QED) is 0.830. The van der Waals surface area contributed by atoms with E-state index in [2.05, 4.69) is 30.1 Å². The second kappa shape index (κ2) is 7.09. The Morgan fingerprint density at radius 1 is 1.40 bits per heavy atom. The topological polar surface area (TPSA) is 38.5 Å². The van der Waals surface area contributed by atoms with Gasteiger partial charge in [0.25, 0.3) is 0 Å². The first-order valence-corrected chi connectivity index (χ1v) is 7.80. The molecule has 1 aliphatic carbocycles. The number of nitrogens with zero attached hydrogens (tertiary/aromatic N) is 1. The van der Waals surface area contributed by atoms with Crippen molar-refractivity contribution in [3.05, 3.63) is 29.3 Å². The fraction of sp³-hybridized carbons (Fsp3) is 0.647. The molecular formula is C17H28N2O. The zero-order chi connectivity index (χ0) is 14.5. The van der Waals surface area contributed by atoms with Gasteiger partial charge < -0.3 is 15.4 Å². The summed E-state index contributed by atoms with van der Waals surface area (Å²) in [7, 11) is 2.20. The molecule has 1 saturated carbocycles. The Balaban J connectivity index is 2.07. The third-order valence-electron chi connectivity index (χ3n) is 4.15. The second-order valence-corrected chi connectivity index (χ2v) is 6.08. The van der Waals surface area contributed by atoms with E-state index in [1.165, 1.54) is 36.9 Å². The molecule has 2 rings (SSSR count). The molecule has 1 aromatic rings. The van der Waals surface area contributed by atoms with Gasteiger partial charge in [-0.15, -0.1) is 0 Å². The van der Waals surface area contributed by atoms with E-state index in [1.807, 2.05) is 13.8 Å². The van der Waals surface area contributed by atoms with Crippen molar-refractivity contribution >= 4 is 0 Å². The van der Waals surface area contributed by atoms with Crippen LogP contribution in [-0.4, -0.2) is 25.1 Å². The molecule has 0 spiro atoms. The third-order valence-corrected chi connectivity index (χ3v) is 4.15. The number of rotatable bonds is 7. The highest BCUT2D eigenvalue weighted by molar-refractivity contribution is 5.38. The molecule has 20 heavy (non-hydrogen) atoms. The molecule has 1 aliphatic rings. The van der Waals surface area contributed by atoms with Gasteiger partial charge in [-0.2, -0.15) is 0 Å². The summed E-state index contributed by atoms with van der Waals surface area (Å²) >= 11 is 0. The summed E-state index contributed by atoms with van der Waals surface area (Å²) in [6.45, 7) is 6.89. The molecule has 1 aromatic carbocycles. The molecule has 0 amide bonds. The average molecular weight is 276 g/mol. The first-order valence-electron chi connectivity index (χ1n) is 7.80. The van der Waals surface area contributed by atoms with Crippen LogP contribution < -0.4 is 10.5 Å². The predicted octanol–water partition coefficient (Wildman–Crippen LogP) is 3.34. The Bertz CT molecular complexity index is 427. The Hall–Kier alpha value is -1.06. The molecule has 0 bridgehead atoms. The normalized spacial score (nSPS) is 17.1. The lowest BCUT2D eigenvalue weighted by molar-refractivity contribution is 0.198. The summed E-state index contributed by atoms with van der Waals surface area (Å²) in [6, 6.07) is 6.41. The van der Waals surface area contributed by atoms with Crippen molar-refractivity contribution in [3.63, 3.8) is 0 Å². The van der Waals surface area contributed by atoms with Gasteiger partial charge in [-0.25, -0.2) is 0 Å². The van der Waals surface area contributed by atoms with Gasteiger partial charge in [-0.3, -0.25) is 0 Å². The third kappa shape index (κ3) is 3.97. The van der Waals surface area contributed by atoms with Crippen molar-refractivity contribution in [3.8, 4) is 5.75 Å². The maximum atomic E-state index is 5.99. The molecule has 1 unspecified atom stereocenters. The Morgan fingerprint density at radius 3 is 2.70 bits per heavy atom. The van der Waals surface area contributed by atoms with Gasteiger partial charge in [0.2, 0.25) is 0 Å². The molecule has 0 heterocycles. The lowest BCUT2D eigenvalue weighted by Gasteiger charge is -2.30. The first kappa shape index (κ1) is 15.3. The van der Waals surface area contributed by atoms with Gasteiger partial charge >= 0.3 is 0 Å². The maximum Gasteiger partial charge on any atom is 0.123 e. The molecule has 2 N–H and O–H groups in total. The van der Waals surface area contributed by atoms with Crippen molar-refractivity contribution in [2.45, 2.75) is 45.7 Å². The van der Waals surface area contributed by atoms with Crippen molar-refractivity contribution in [1.82, 2.24) is 4.90 Å². The number of nitrogens with two attached hydrogens (primary N) is 1. The van der Waals surface area contributed by atoms with Crippen LogP contribution in [0, 0.1) is 5.92 Å². The molecule has 0 aromatic heterocycles. The van der Waals surface area contributed by atoms with Crippen LogP contribution in [0.25, 0.3) is 0 Å². The zero-order valence-corrected chi connectivity index (χ0v) is 13.1. The second-order valence-electron chi connectivity index (χ2n) is 6.08. The Kier molecular flexibility index (Phi) is 5.44. The maximum absolute atomic E-state index is 5.99. The van der Waals surface area contributed by atoms with Crippen LogP contribution in [0.4, 0.5) is 0 Å². The summed E-state index contributed by atoms with van der Waals surface area (Å²) in [5.41, 5.74) is 8.43. The minimum absolute atomic E-state index is 0.0707. The van der Waals surface area contributed by atoms with E-state index < -0.39 is 0 Å². The van der Waals surface area contributed by atoms with E-state index in [-0.39, 0.29) is 6.04 Å². The van der Waals surface area contributed by atoms with Crippen LogP contribution in [0.2, 0.25) is 0 Å². The van der Waals surface area contributed by atoms with Gasteiger partial charge in [0.05, 0.1) is 6.61 Å². The highest BCUT2D eigenvalue weighted by Crippen LogP contribution is 2.28. The van der Waals surface area contributed by atoms with Gasteiger partial charge in [0, 0.05) is 24.7 Å². The SMILES string of the molecule is CCOc1ccc(C(C)N)cc1CN(C)CC1CCC1. The van der Waals surface area contributed by atoms with Crippen LogP contribution in [0.5, 0.6) is 5.75 Å². The van der Waals surface area contributed by atoms with Crippen LogP contribution in [0.3, 0.4) is 0 Å². The number of hydrogen-bond donors (Lipinski definition) is 1. The van der Waals surface area contributed by atoms with E-state index in [0.29, 0.717) is 6.61 Å². The number of hydrogen-bond acceptors (Lipinski definition) is 3. The van der Waals surface area contributed by atoms with Crippen LogP contribution in [0.15, 0.2) is 18.2 Å². The molecule has 3 heteroatoms. The fourth-order valence-corrected chi connectivity index (χ4v) is 2.77. The molecule has 1 fully saturated rings. The fourth-order valence-electron chi connectivity index (χ4n) is 2.77. The summed E-state index contributed by atoms with van der Waals surface area (Å²) < 4.78 is 5.75. The van der Waals surface area contributed by atoms with Crippen LogP contribution in [-0.2, 0) is 6.54 Å². The van der Waals surface area contributed by atoms with Crippen LogP contribution >= 0.6 is 0 Å². The highest BCUT2D eigenvalue weighted by atomic mass is 16.5. The Labute approximate surface area is 123 Å².